The molecule has 0 aliphatic heterocycles. The Balaban J connectivity index is 3.08. The first-order valence-corrected chi connectivity index (χ1v) is 3.77. The lowest BCUT2D eigenvalue weighted by Gasteiger charge is -2.11. The van der Waals surface area contributed by atoms with Crippen molar-refractivity contribution in [1.82, 2.24) is 0 Å². The fourth-order valence-corrected chi connectivity index (χ4v) is 0.937. The maximum atomic E-state index is 13.1. The topological polar surface area (TPSA) is 68.2 Å². The quantitative estimate of drug-likeness (QED) is 0.446. The average Bonchev–Trinajstić information content (AvgIpc) is 2.23. The highest BCUT2D eigenvalue weighted by Crippen LogP contribution is 2.32. The van der Waals surface area contributed by atoms with Gasteiger partial charge >= 0.3 is 7.32 Å². The average molecular weight is 220 g/mol. The number of methoxy groups -OCH3 is 1. The Labute approximate surface area is 83.9 Å². The molecule has 0 unspecified atom stereocenters. The molecule has 0 aromatic heterocycles. The third-order valence-corrected chi connectivity index (χ3v) is 1.53. The fourth-order valence-electron chi connectivity index (χ4n) is 0.937. The second-order valence-corrected chi connectivity index (χ2v) is 2.42. The second-order valence-electron chi connectivity index (χ2n) is 2.42. The maximum absolute atomic E-state index is 13.1. The van der Waals surface area contributed by atoms with Crippen LogP contribution < -0.4 is 9.39 Å². The highest BCUT2D eigenvalue weighted by Gasteiger charge is 2.25. The summed E-state index contributed by atoms with van der Waals surface area (Å²) < 4.78 is 35.0. The van der Waals surface area contributed by atoms with E-state index in [0.717, 1.165) is 19.2 Å². The maximum Gasteiger partial charge on any atom is 0.739 e. The van der Waals surface area contributed by atoms with E-state index in [1.165, 1.54) is 0 Å². The monoisotopic (exact) mass is 220 g/mol. The van der Waals surface area contributed by atoms with Crippen LogP contribution in [-0.2, 0) is 4.81 Å². The van der Waals surface area contributed by atoms with Crippen LogP contribution in [0.15, 0.2) is 12.1 Å². The predicted molar refractivity (Wildman–Crippen MR) is 45.2 cm³/mol. The van der Waals surface area contributed by atoms with Crippen LogP contribution in [0.25, 0.3) is 0 Å². The smallest absolute Gasteiger partial charge is 0.505 e. The van der Waals surface area contributed by atoms with Crippen molar-refractivity contribution in [3.8, 4) is 11.5 Å². The minimum Gasteiger partial charge on any atom is -0.505 e. The molecular weight excluding hydrogens is 213 g/mol. The molecule has 0 fully saturated rings. The van der Waals surface area contributed by atoms with E-state index in [-0.39, 0.29) is 0 Å². The van der Waals surface area contributed by atoms with Gasteiger partial charge in [0.2, 0.25) is 0 Å². The Bertz CT molecular complexity index is 348. The van der Waals surface area contributed by atoms with Gasteiger partial charge in [0.25, 0.3) is 0 Å². The van der Waals surface area contributed by atoms with Crippen molar-refractivity contribution in [3.63, 3.8) is 0 Å². The molecule has 0 radical (unpaired) electrons. The Hall–Kier alpha value is -1.38. The summed E-state index contributed by atoms with van der Waals surface area (Å²) in [6.07, 6.45) is 0. The van der Waals surface area contributed by atoms with Crippen LogP contribution in [0.5, 0.6) is 11.5 Å². The van der Waals surface area contributed by atoms with E-state index in [0.29, 0.717) is 0 Å². The standard InChI is InChI=1S/C7H7BF2O5/c1-13-6-4(9)2-3-5(10)7(6)14-8(11)15-12/h2-3,11-12H,1H3. The van der Waals surface area contributed by atoms with Crippen molar-refractivity contribution < 1.29 is 33.3 Å². The van der Waals surface area contributed by atoms with Crippen molar-refractivity contribution in [3.05, 3.63) is 23.8 Å². The molecule has 2 N–H and O–H groups in total. The molecule has 0 aliphatic carbocycles. The highest BCUT2D eigenvalue weighted by atomic mass is 19.1. The molecule has 1 aromatic rings. The van der Waals surface area contributed by atoms with Crippen LogP contribution in [0.1, 0.15) is 0 Å². The second kappa shape index (κ2) is 4.92. The molecular formula is C7H7BF2O5. The van der Waals surface area contributed by atoms with E-state index in [4.69, 9.17) is 10.3 Å². The third-order valence-electron chi connectivity index (χ3n) is 1.53. The molecule has 0 saturated heterocycles. The lowest BCUT2D eigenvalue weighted by Crippen LogP contribution is -2.25. The zero-order valence-electron chi connectivity index (χ0n) is 7.61. The molecule has 82 valence electrons. The summed E-state index contributed by atoms with van der Waals surface area (Å²) >= 11 is 0. The summed E-state index contributed by atoms with van der Waals surface area (Å²) in [6.45, 7) is 0. The van der Waals surface area contributed by atoms with Gasteiger partial charge in [-0.2, -0.15) is 0 Å². The largest absolute Gasteiger partial charge is 0.739 e. The van der Waals surface area contributed by atoms with Gasteiger partial charge in [0, 0.05) is 0 Å². The van der Waals surface area contributed by atoms with Crippen molar-refractivity contribution in [2.45, 2.75) is 0 Å². The zero-order valence-corrected chi connectivity index (χ0v) is 7.61. The van der Waals surface area contributed by atoms with E-state index in [1.807, 2.05) is 0 Å². The molecule has 1 aromatic carbocycles. The molecule has 0 amide bonds. The third kappa shape index (κ3) is 2.55. The molecule has 15 heavy (non-hydrogen) atoms. The molecule has 0 spiro atoms. The highest BCUT2D eigenvalue weighted by molar-refractivity contribution is 6.35. The van der Waals surface area contributed by atoms with Crippen LogP contribution in [0.4, 0.5) is 8.78 Å². The Morgan fingerprint density at radius 2 is 1.73 bits per heavy atom. The lowest BCUT2D eigenvalue weighted by atomic mass is 10.2. The van der Waals surface area contributed by atoms with E-state index in [1.54, 1.807) is 0 Å². The summed E-state index contributed by atoms with van der Waals surface area (Å²) in [5.74, 6) is -3.08. The van der Waals surface area contributed by atoms with Crippen molar-refractivity contribution in [2.75, 3.05) is 7.11 Å². The van der Waals surface area contributed by atoms with E-state index in [2.05, 4.69) is 14.2 Å². The fraction of sp³-hybridized carbons (Fsp3) is 0.143. The van der Waals surface area contributed by atoms with Crippen LogP contribution in [0, 0.1) is 11.6 Å². The number of rotatable bonds is 4. The van der Waals surface area contributed by atoms with Gasteiger partial charge in [-0.15, -0.1) is 0 Å². The number of hydrogen-bond acceptors (Lipinski definition) is 5. The van der Waals surface area contributed by atoms with Crippen LogP contribution >= 0.6 is 0 Å². The van der Waals surface area contributed by atoms with Gasteiger partial charge in [-0.1, -0.05) is 0 Å². The lowest BCUT2D eigenvalue weighted by molar-refractivity contribution is -0.171. The molecule has 0 heterocycles. The molecule has 1 rings (SSSR count). The SMILES string of the molecule is COc1c(F)ccc(F)c1OB(O)OO. The number of benzene rings is 1. The summed E-state index contributed by atoms with van der Waals surface area (Å²) in [4.78, 5) is 3.34. The van der Waals surface area contributed by atoms with Crippen LogP contribution in [0.3, 0.4) is 0 Å². The minimum atomic E-state index is -2.13. The first-order valence-electron chi connectivity index (χ1n) is 3.77. The van der Waals surface area contributed by atoms with Crippen molar-refractivity contribution in [1.29, 1.82) is 0 Å². The predicted octanol–water partition coefficient (Wildman–Crippen LogP) is 0.819. The van der Waals surface area contributed by atoms with Gasteiger partial charge in [0.15, 0.2) is 23.1 Å². The minimum absolute atomic E-state index is 0.536. The van der Waals surface area contributed by atoms with E-state index >= 15 is 0 Å². The summed E-state index contributed by atoms with van der Waals surface area (Å²) in [7, 11) is -1.04. The summed E-state index contributed by atoms with van der Waals surface area (Å²) in [5.41, 5.74) is 0. The van der Waals surface area contributed by atoms with E-state index < -0.39 is 30.5 Å². The van der Waals surface area contributed by atoms with Gasteiger partial charge in [-0.3, -0.25) is 5.26 Å². The molecule has 0 saturated carbocycles. The molecule has 8 heteroatoms. The van der Waals surface area contributed by atoms with Crippen LogP contribution in [0.2, 0.25) is 0 Å². The number of ether oxygens (including phenoxy) is 1. The van der Waals surface area contributed by atoms with Crippen molar-refractivity contribution in [2.24, 2.45) is 0 Å². The Morgan fingerprint density at radius 3 is 2.20 bits per heavy atom. The van der Waals surface area contributed by atoms with E-state index in [9.17, 15) is 8.78 Å². The molecule has 0 bridgehead atoms. The molecule has 0 aliphatic rings. The number of hydrogen-bond donors (Lipinski definition) is 2. The summed E-state index contributed by atoms with van der Waals surface area (Å²) in [6, 6.07) is 1.60. The first-order chi connectivity index (χ1) is 7.10. The van der Waals surface area contributed by atoms with Crippen LogP contribution in [-0.4, -0.2) is 24.7 Å². The first kappa shape index (κ1) is 11.7. The van der Waals surface area contributed by atoms with Gasteiger partial charge in [-0.05, 0) is 12.1 Å². The van der Waals surface area contributed by atoms with Gasteiger partial charge < -0.3 is 14.4 Å². The Morgan fingerprint density at radius 1 is 1.20 bits per heavy atom. The van der Waals surface area contributed by atoms with Gasteiger partial charge in [0.05, 0.1) is 7.11 Å². The molecule has 0 atom stereocenters. The Kier molecular flexibility index (Phi) is 3.84. The van der Waals surface area contributed by atoms with Gasteiger partial charge in [0.1, 0.15) is 0 Å². The summed E-state index contributed by atoms with van der Waals surface area (Å²) in [5, 5.41) is 16.7. The van der Waals surface area contributed by atoms with Gasteiger partial charge in [-0.25, -0.2) is 13.6 Å². The van der Waals surface area contributed by atoms with Crippen molar-refractivity contribution >= 4 is 7.32 Å². The number of halogens is 2. The zero-order chi connectivity index (χ0) is 11.4. The normalized spacial score (nSPS) is 9.93. The molecule has 5 nitrogen and oxygen atoms in total.